The summed E-state index contributed by atoms with van der Waals surface area (Å²) >= 11 is 5.76. The largest absolute Gasteiger partial charge is 0.478 e. The Balaban J connectivity index is 1.83. The van der Waals surface area contributed by atoms with E-state index in [1.54, 1.807) is 6.92 Å². The van der Waals surface area contributed by atoms with Crippen LogP contribution in [0.15, 0.2) is 65.6 Å². The number of sulfonamides is 1. The zero-order valence-electron chi connectivity index (χ0n) is 18.8. The first-order valence-corrected chi connectivity index (χ1v) is 12.6. The van der Waals surface area contributed by atoms with Gasteiger partial charge in [-0.05, 0) is 54.3 Å². The topological polar surface area (TPSA) is 95.5 Å². The lowest BCUT2D eigenvalue weighted by atomic mass is 9.96. The average molecular weight is 505 g/mol. The number of nitrogens with one attached hydrogen (secondary N) is 2. The van der Waals surface area contributed by atoms with Gasteiger partial charge in [0.1, 0.15) is 5.82 Å². The molecule has 0 saturated heterocycles. The molecule has 0 bridgehead atoms. The number of halogens is 2. The van der Waals surface area contributed by atoms with Crippen LogP contribution in [0.5, 0.6) is 0 Å². The highest BCUT2D eigenvalue weighted by Crippen LogP contribution is 2.27. The molecule has 34 heavy (non-hydrogen) atoms. The van der Waals surface area contributed by atoms with Gasteiger partial charge in [-0.1, -0.05) is 54.9 Å². The molecule has 0 fully saturated rings. The smallest absolute Gasteiger partial charge is 0.337 e. The maximum absolute atomic E-state index is 13.3. The van der Waals surface area contributed by atoms with E-state index in [4.69, 9.17) is 11.6 Å². The molecule has 180 valence electrons. The highest BCUT2D eigenvalue weighted by atomic mass is 35.5. The van der Waals surface area contributed by atoms with Crippen LogP contribution in [-0.2, 0) is 16.6 Å². The lowest BCUT2D eigenvalue weighted by molar-refractivity contribution is 0.0697. The van der Waals surface area contributed by atoms with E-state index in [0.29, 0.717) is 23.4 Å². The van der Waals surface area contributed by atoms with Crippen LogP contribution in [0.2, 0.25) is 5.02 Å². The third-order valence-corrected chi connectivity index (χ3v) is 7.42. The number of rotatable bonds is 10. The van der Waals surface area contributed by atoms with Crippen LogP contribution in [0.1, 0.15) is 46.3 Å². The van der Waals surface area contributed by atoms with E-state index in [-0.39, 0.29) is 27.9 Å². The second kappa shape index (κ2) is 11.0. The summed E-state index contributed by atoms with van der Waals surface area (Å²) in [5, 5.41) is 12.8. The van der Waals surface area contributed by atoms with Crippen molar-refractivity contribution in [2.45, 2.75) is 37.6 Å². The first kappa shape index (κ1) is 25.7. The van der Waals surface area contributed by atoms with Crippen LogP contribution in [0.3, 0.4) is 0 Å². The number of hydrogen-bond donors (Lipinski definition) is 3. The Morgan fingerprint density at radius 1 is 1.12 bits per heavy atom. The summed E-state index contributed by atoms with van der Waals surface area (Å²) in [6, 6.07) is 16.5. The minimum absolute atomic E-state index is 0.114. The van der Waals surface area contributed by atoms with E-state index in [9.17, 15) is 22.7 Å². The number of carboxylic acids is 1. The fourth-order valence-corrected chi connectivity index (χ4v) is 5.13. The molecule has 0 heterocycles. The van der Waals surface area contributed by atoms with E-state index < -0.39 is 21.8 Å². The monoisotopic (exact) mass is 504 g/mol. The fraction of sp³-hybridized carbons (Fsp3) is 0.240. The molecule has 3 aromatic rings. The van der Waals surface area contributed by atoms with Crippen molar-refractivity contribution in [3.63, 3.8) is 0 Å². The quantitative estimate of drug-likeness (QED) is 0.335. The third-order valence-electron chi connectivity index (χ3n) is 5.59. The first-order chi connectivity index (χ1) is 16.1. The molecule has 3 N–H and O–H groups in total. The molecule has 1 atom stereocenters. The minimum Gasteiger partial charge on any atom is -0.478 e. The minimum atomic E-state index is -4.04. The van der Waals surface area contributed by atoms with Crippen molar-refractivity contribution in [3.8, 4) is 0 Å². The maximum Gasteiger partial charge on any atom is 0.337 e. The van der Waals surface area contributed by atoms with Crippen molar-refractivity contribution in [2.24, 2.45) is 0 Å². The lowest BCUT2D eigenvalue weighted by Gasteiger charge is -2.19. The van der Waals surface area contributed by atoms with Crippen molar-refractivity contribution in [3.05, 3.63) is 93.8 Å². The van der Waals surface area contributed by atoms with Crippen LogP contribution >= 0.6 is 11.6 Å². The zero-order chi connectivity index (χ0) is 24.9. The van der Waals surface area contributed by atoms with Crippen LogP contribution in [0.25, 0.3) is 0 Å². The average Bonchev–Trinajstić information content (AvgIpc) is 2.80. The SMILES string of the molecule is CCC(CNc1cc(C)c(S(=O)(=O)NCc2ccc(F)c(Cl)c2)cc1C(=O)O)c1ccccc1. The summed E-state index contributed by atoms with van der Waals surface area (Å²) in [7, 11) is -4.04. The first-order valence-electron chi connectivity index (χ1n) is 10.7. The van der Waals surface area contributed by atoms with Crippen molar-refractivity contribution in [1.82, 2.24) is 4.72 Å². The lowest BCUT2D eigenvalue weighted by Crippen LogP contribution is -2.25. The van der Waals surface area contributed by atoms with Gasteiger partial charge in [-0.2, -0.15) is 0 Å². The van der Waals surface area contributed by atoms with Gasteiger partial charge in [0, 0.05) is 24.7 Å². The molecule has 0 spiro atoms. The molecule has 0 aromatic heterocycles. The summed E-state index contributed by atoms with van der Waals surface area (Å²) in [6.45, 7) is 4.03. The van der Waals surface area contributed by atoms with E-state index >= 15 is 0 Å². The van der Waals surface area contributed by atoms with E-state index in [0.717, 1.165) is 24.1 Å². The van der Waals surface area contributed by atoms with Crippen LogP contribution in [-0.4, -0.2) is 26.0 Å². The Hall–Kier alpha value is -2.94. The molecular weight excluding hydrogens is 479 g/mol. The number of aromatic carboxylic acids is 1. The van der Waals surface area contributed by atoms with Crippen molar-refractivity contribution >= 4 is 33.3 Å². The molecule has 0 aliphatic carbocycles. The normalized spacial score (nSPS) is 12.4. The predicted molar refractivity (Wildman–Crippen MR) is 132 cm³/mol. The zero-order valence-corrected chi connectivity index (χ0v) is 20.4. The van der Waals surface area contributed by atoms with E-state index in [1.807, 2.05) is 30.3 Å². The second-order valence-corrected chi connectivity index (χ2v) is 10.1. The van der Waals surface area contributed by atoms with E-state index in [2.05, 4.69) is 17.0 Å². The number of benzene rings is 3. The molecule has 0 amide bonds. The van der Waals surface area contributed by atoms with Crippen LogP contribution in [0, 0.1) is 12.7 Å². The number of aryl methyl sites for hydroxylation is 1. The molecule has 3 aromatic carbocycles. The molecule has 0 radical (unpaired) electrons. The summed E-state index contributed by atoms with van der Waals surface area (Å²) in [4.78, 5) is 11.8. The molecule has 0 aliphatic heterocycles. The fourth-order valence-electron chi connectivity index (χ4n) is 3.66. The summed E-state index contributed by atoms with van der Waals surface area (Å²) in [5.74, 6) is -1.68. The van der Waals surface area contributed by atoms with Crippen molar-refractivity contribution < 1.29 is 22.7 Å². The van der Waals surface area contributed by atoms with Gasteiger partial charge in [-0.15, -0.1) is 0 Å². The van der Waals surface area contributed by atoms with Crippen LogP contribution in [0.4, 0.5) is 10.1 Å². The molecule has 0 saturated carbocycles. The van der Waals surface area contributed by atoms with Gasteiger partial charge in [-0.25, -0.2) is 22.3 Å². The van der Waals surface area contributed by atoms with Crippen molar-refractivity contribution in [1.29, 1.82) is 0 Å². The predicted octanol–water partition coefficient (Wildman–Crippen LogP) is 5.57. The van der Waals surface area contributed by atoms with E-state index in [1.165, 1.54) is 18.2 Å². The standard InChI is InChI=1S/C25H26ClFN2O4S/c1-3-18(19-7-5-4-6-8-19)15-28-23-11-16(2)24(13-20(23)25(30)31)34(32,33)29-14-17-9-10-22(27)21(26)12-17/h4-13,18,28-29H,3,14-15H2,1-2H3,(H,30,31). The molecule has 1 unspecified atom stereocenters. The summed E-state index contributed by atoms with van der Waals surface area (Å²) < 4.78 is 41.6. The Kier molecular flexibility index (Phi) is 8.30. The highest BCUT2D eigenvalue weighted by molar-refractivity contribution is 7.89. The Morgan fingerprint density at radius 2 is 1.82 bits per heavy atom. The van der Waals surface area contributed by atoms with Gasteiger partial charge >= 0.3 is 5.97 Å². The third kappa shape index (κ3) is 6.14. The highest BCUT2D eigenvalue weighted by Gasteiger charge is 2.22. The number of carboxylic acid groups (broad SMARTS) is 1. The summed E-state index contributed by atoms with van der Waals surface area (Å²) in [5.41, 5.74) is 2.21. The maximum atomic E-state index is 13.3. The van der Waals surface area contributed by atoms with Gasteiger partial charge in [0.15, 0.2) is 0 Å². The molecule has 3 rings (SSSR count). The van der Waals surface area contributed by atoms with Gasteiger partial charge in [0.25, 0.3) is 0 Å². The van der Waals surface area contributed by atoms with Gasteiger partial charge in [0.05, 0.1) is 15.5 Å². The molecule has 0 aliphatic rings. The Morgan fingerprint density at radius 3 is 2.44 bits per heavy atom. The number of hydrogen-bond acceptors (Lipinski definition) is 4. The molecule has 9 heteroatoms. The van der Waals surface area contributed by atoms with Gasteiger partial charge in [-0.3, -0.25) is 0 Å². The molecule has 6 nitrogen and oxygen atoms in total. The molecular formula is C25H26ClFN2O4S. The Labute approximate surface area is 203 Å². The van der Waals surface area contributed by atoms with Gasteiger partial charge in [0.2, 0.25) is 10.0 Å². The second-order valence-electron chi connectivity index (χ2n) is 7.94. The van der Waals surface area contributed by atoms with Gasteiger partial charge < -0.3 is 10.4 Å². The van der Waals surface area contributed by atoms with Crippen LogP contribution < -0.4 is 10.0 Å². The Bertz CT molecular complexity index is 1280. The number of carbonyl (C=O) groups is 1. The summed E-state index contributed by atoms with van der Waals surface area (Å²) in [6.07, 6.45) is 0.849. The number of anilines is 1. The van der Waals surface area contributed by atoms with Crippen molar-refractivity contribution in [2.75, 3.05) is 11.9 Å².